The molecule has 1 amide bonds. The molecular weight excluding hydrogens is 358 g/mol. The summed E-state index contributed by atoms with van der Waals surface area (Å²) in [5.41, 5.74) is -0.823. The zero-order chi connectivity index (χ0) is 15.6. The summed E-state index contributed by atoms with van der Waals surface area (Å²) in [5, 5.41) is 12.8. The van der Waals surface area contributed by atoms with E-state index in [1.165, 1.54) is 6.07 Å². The molecule has 0 aliphatic heterocycles. The van der Waals surface area contributed by atoms with Gasteiger partial charge in [0.25, 0.3) is 5.91 Å². The standard InChI is InChI=1S/C15H17BrClNO3/c1-9-4-2-3-7-15(9,14(20)21)18-13(19)10-5-6-11(16)12(17)8-10/h5-6,8-9H,2-4,7H2,1H3,(H,18,19)(H,20,21). The van der Waals surface area contributed by atoms with E-state index in [-0.39, 0.29) is 5.92 Å². The molecular formula is C15H17BrClNO3. The lowest BCUT2D eigenvalue weighted by Crippen LogP contribution is -2.60. The van der Waals surface area contributed by atoms with E-state index in [0.29, 0.717) is 21.5 Å². The molecule has 1 saturated carbocycles. The predicted octanol–water partition coefficient (Wildman–Crippen LogP) is 3.87. The molecule has 6 heteroatoms. The van der Waals surface area contributed by atoms with E-state index in [1.807, 2.05) is 6.92 Å². The van der Waals surface area contributed by atoms with Crippen molar-refractivity contribution in [2.45, 2.75) is 38.1 Å². The van der Waals surface area contributed by atoms with E-state index in [9.17, 15) is 14.7 Å². The molecule has 114 valence electrons. The van der Waals surface area contributed by atoms with Crippen molar-refractivity contribution >= 4 is 39.4 Å². The lowest BCUT2D eigenvalue weighted by molar-refractivity contribution is -0.148. The number of carboxylic acid groups (broad SMARTS) is 1. The van der Waals surface area contributed by atoms with E-state index < -0.39 is 17.4 Å². The van der Waals surface area contributed by atoms with Crippen molar-refractivity contribution in [1.29, 1.82) is 0 Å². The SMILES string of the molecule is CC1CCCCC1(NC(=O)c1ccc(Br)c(Cl)c1)C(=O)O. The predicted molar refractivity (Wildman–Crippen MR) is 84.6 cm³/mol. The van der Waals surface area contributed by atoms with Crippen molar-refractivity contribution in [2.24, 2.45) is 5.92 Å². The third-order valence-corrected chi connectivity index (χ3v) is 5.43. The Balaban J connectivity index is 2.26. The molecule has 1 aromatic rings. The minimum absolute atomic E-state index is 0.0985. The van der Waals surface area contributed by atoms with Crippen LogP contribution in [-0.2, 0) is 4.79 Å². The van der Waals surface area contributed by atoms with Gasteiger partial charge in [-0.1, -0.05) is 31.4 Å². The molecule has 1 fully saturated rings. The molecule has 0 bridgehead atoms. The Morgan fingerprint density at radius 2 is 2.14 bits per heavy atom. The lowest BCUT2D eigenvalue weighted by atomic mass is 9.73. The van der Waals surface area contributed by atoms with Gasteiger partial charge in [0, 0.05) is 10.0 Å². The van der Waals surface area contributed by atoms with Gasteiger partial charge in [-0.25, -0.2) is 4.79 Å². The number of carbonyl (C=O) groups excluding carboxylic acids is 1. The number of nitrogens with one attached hydrogen (secondary N) is 1. The normalized spacial score (nSPS) is 25.4. The van der Waals surface area contributed by atoms with Gasteiger partial charge >= 0.3 is 5.97 Å². The second kappa shape index (κ2) is 6.36. The van der Waals surface area contributed by atoms with Gasteiger partial charge in [-0.2, -0.15) is 0 Å². The third kappa shape index (κ3) is 3.24. The lowest BCUT2D eigenvalue weighted by Gasteiger charge is -2.39. The number of hydrogen-bond acceptors (Lipinski definition) is 2. The van der Waals surface area contributed by atoms with Crippen molar-refractivity contribution < 1.29 is 14.7 Å². The molecule has 0 saturated heterocycles. The van der Waals surface area contributed by atoms with Gasteiger partial charge in [0.2, 0.25) is 0 Å². The molecule has 2 rings (SSSR count). The van der Waals surface area contributed by atoms with Gasteiger partial charge in [-0.05, 0) is 52.9 Å². The summed E-state index contributed by atoms with van der Waals surface area (Å²) in [6.45, 7) is 1.88. The first kappa shape index (κ1) is 16.3. The maximum atomic E-state index is 12.4. The smallest absolute Gasteiger partial charge is 0.329 e. The number of amides is 1. The molecule has 4 nitrogen and oxygen atoms in total. The van der Waals surface area contributed by atoms with Crippen LogP contribution in [0.1, 0.15) is 43.0 Å². The number of benzene rings is 1. The summed E-state index contributed by atoms with van der Waals surface area (Å²) in [6, 6.07) is 4.83. The van der Waals surface area contributed by atoms with Crippen molar-refractivity contribution in [3.05, 3.63) is 33.3 Å². The summed E-state index contributed by atoms with van der Waals surface area (Å²) in [6.07, 6.45) is 3.06. The number of carbonyl (C=O) groups is 2. The highest BCUT2D eigenvalue weighted by Gasteiger charge is 2.46. The van der Waals surface area contributed by atoms with Crippen molar-refractivity contribution in [2.75, 3.05) is 0 Å². The minimum Gasteiger partial charge on any atom is -0.479 e. The van der Waals surface area contributed by atoms with Crippen LogP contribution < -0.4 is 5.32 Å². The minimum atomic E-state index is -1.19. The van der Waals surface area contributed by atoms with Gasteiger partial charge in [-0.3, -0.25) is 4.79 Å². The number of carboxylic acids is 1. The fraction of sp³-hybridized carbons (Fsp3) is 0.467. The first-order valence-corrected chi connectivity index (χ1v) is 8.05. The zero-order valence-corrected chi connectivity index (χ0v) is 14.0. The Kier molecular flexibility index (Phi) is 4.94. The van der Waals surface area contributed by atoms with Crippen LogP contribution in [0.4, 0.5) is 0 Å². The number of halogens is 2. The maximum absolute atomic E-state index is 12.4. The van der Waals surface area contributed by atoms with E-state index in [1.54, 1.807) is 12.1 Å². The summed E-state index contributed by atoms with van der Waals surface area (Å²) < 4.78 is 0.694. The van der Waals surface area contributed by atoms with Crippen molar-refractivity contribution in [1.82, 2.24) is 5.32 Å². The molecule has 2 atom stereocenters. The molecule has 2 N–H and O–H groups in total. The topological polar surface area (TPSA) is 66.4 Å². The molecule has 0 spiro atoms. The quantitative estimate of drug-likeness (QED) is 0.844. The monoisotopic (exact) mass is 373 g/mol. The van der Waals surface area contributed by atoms with Crippen LogP contribution in [0.25, 0.3) is 0 Å². The maximum Gasteiger partial charge on any atom is 0.329 e. The molecule has 0 heterocycles. The van der Waals surface area contributed by atoms with Crippen molar-refractivity contribution in [3.8, 4) is 0 Å². The fourth-order valence-electron chi connectivity index (χ4n) is 2.82. The Hall–Kier alpha value is -1.07. The molecule has 21 heavy (non-hydrogen) atoms. The van der Waals surface area contributed by atoms with Crippen molar-refractivity contribution in [3.63, 3.8) is 0 Å². The number of aliphatic carboxylic acids is 1. The van der Waals surface area contributed by atoms with Crippen LogP contribution >= 0.6 is 27.5 Å². The molecule has 1 aliphatic carbocycles. The summed E-state index contributed by atoms with van der Waals surface area (Å²) in [7, 11) is 0. The third-order valence-electron chi connectivity index (χ3n) is 4.20. The van der Waals surface area contributed by atoms with Crippen LogP contribution in [-0.4, -0.2) is 22.5 Å². The van der Waals surface area contributed by atoms with Crippen LogP contribution in [0.2, 0.25) is 5.02 Å². The van der Waals surface area contributed by atoms with Gasteiger partial charge in [0.15, 0.2) is 0 Å². The first-order valence-electron chi connectivity index (χ1n) is 6.88. The van der Waals surface area contributed by atoms with E-state index in [2.05, 4.69) is 21.2 Å². The summed E-state index contributed by atoms with van der Waals surface area (Å²) >= 11 is 9.25. The van der Waals surface area contributed by atoms with Gasteiger partial charge in [0.05, 0.1) is 5.02 Å². The molecule has 0 radical (unpaired) electrons. The Labute approximate surface area is 137 Å². The Morgan fingerprint density at radius 3 is 2.71 bits per heavy atom. The highest BCUT2D eigenvalue weighted by Crippen LogP contribution is 2.34. The Morgan fingerprint density at radius 1 is 1.43 bits per heavy atom. The summed E-state index contributed by atoms with van der Waals surface area (Å²) in [5.74, 6) is -1.47. The van der Waals surface area contributed by atoms with Crippen LogP contribution in [0.15, 0.2) is 22.7 Å². The fourth-order valence-corrected chi connectivity index (χ4v) is 3.24. The van der Waals surface area contributed by atoms with E-state index in [4.69, 9.17) is 11.6 Å². The van der Waals surface area contributed by atoms with Crippen LogP contribution in [0.3, 0.4) is 0 Å². The molecule has 1 aliphatic rings. The average molecular weight is 375 g/mol. The van der Waals surface area contributed by atoms with Gasteiger partial charge in [0.1, 0.15) is 5.54 Å². The molecule has 1 aromatic carbocycles. The zero-order valence-electron chi connectivity index (χ0n) is 11.7. The highest BCUT2D eigenvalue weighted by molar-refractivity contribution is 9.10. The molecule has 2 unspecified atom stereocenters. The average Bonchev–Trinajstić information content (AvgIpc) is 2.44. The van der Waals surface area contributed by atoms with Gasteiger partial charge < -0.3 is 10.4 Å². The second-order valence-electron chi connectivity index (χ2n) is 5.51. The largest absolute Gasteiger partial charge is 0.479 e. The highest BCUT2D eigenvalue weighted by atomic mass is 79.9. The van der Waals surface area contributed by atoms with E-state index >= 15 is 0 Å². The summed E-state index contributed by atoms with van der Waals surface area (Å²) in [4.78, 5) is 24.1. The Bertz CT molecular complexity index is 578. The van der Waals surface area contributed by atoms with Gasteiger partial charge in [-0.15, -0.1) is 0 Å². The first-order chi connectivity index (χ1) is 9.86. The van der Waals surface area contributed by atoms with Crippen LogP contribution in [0.5, 0.6) is 0 Å². The van der Waals surface area contributed by atoms with E-state index in [0.717, 1.165) is 19.3 Å². The molecule has 0 aromatic heterocycles. The number of rotatable bonds is 3. The number of hydrogen-bond donors (Lipinski definition) is 2. The van der Waals surface area contributed by atoms with Crippen LogP contribution in [0, 0.1) is 5.92 Å². The second-order valence-corrected chi connectivity index (χ2v) is 6.77.